The number of aromatic carboxylic acids is 1. The van der Waals surface area contributed by atoms with Gasteiger partial charge in [-0.3, -0.25) is 4.79 Å². The molecule has 0 atom stereocenters. The number of rotatable bonds is 1. The van der Waals surface area contributed by atoms with E-state index in [1.165, 1.54) is 6.07 Å². The van der Waals surface area contributed by atoms with Gasteiger partial charge in [-0.2, -0.15) is 0 Å². The van der Waals surface area contributed by atoms with E-state index in [1.807, 2.05) is 0 Å². The van der Waals surface area contributed by atoms with E-state index in [2.05, 4.69) is 15.5 Å². The fourth-order valence-corrected chi connectivity index (χ4v) is 1.56. The van der Waals surface area contributed by atoms with Crippen molar-refractivity contribution >= 4 is 17.6 Å². The maximum absolute atomic E-state index is 11.6. The topological polar surface area (TPSA) is 101 Å². The summed E-state index contributed by atoms with van der Waals surface area (Å²) < 4.78 is 5.40. The van der Waals surface area contributed by atoms with Crippen LogP contribution in [0.4, 0.5) is 5.69 Å². The standard InChI is InChI=1S/C9H7N3O4/c13-7(14)5-3-4-6(12-11-5)16-9(1-2-9)8(15)10-4/h3H,1-2H2,(H,10,15)(H,13,14). The zero-order valence-corrected chi connectivity index (χ0v) is 8.06. The number of carbonyl (C=O) groups is 2. The number of amides is 1. The second-order valence-corrected chi connectivity index (χ2v) is 3.80. The second-order valence-electron chi connectivity index (χ2n) is 3.80. The molecule has 1 spiro atoms. The molecule has 0 bridgehead atoms. The Hall–Kier alpha value is -2.18. The fraction of sp³-hybridized carbons (Fsp3) is 0.333. The number of carboxylic acids is 1. The summed E-state index contributed by atoms with van der Waals surface area (Å²) in [7, 11) is 0. The summed E-state index contributed by atoms with van der Waals surface area (Å²) in [6.07, 6.45) is 1.31. The zero-order chi connectivity index (χ0) is 11.3. The molecular formula is C9H7N3O4. The molecule has 2 N–H and O–H groups in total. The van der Waals surface area contributed by atoms with Crippen LogP contribution < -0.4 is 10.1 Å². The Morgan fingerprint density at radius 1 is 1.50 bits per heavy atom. The van der Waals surface area contributed by atoms with Gasteiger partial charge in [-0.1, -0.05) is 0 Å². The summed E-state index contributed by atoms with van der Waals surface area (Å²) in [5.41, 5.74) is -0.754. The number of hydrogen-bond donors (Lipinski definition) is 2. The largest absolute Gasteiger partial charge is 0.476 e. The van der Waals surface area contributed by atoms with Gasteiger partial charge in [0, 0.05) is 18.9 Å². The van der Waals surface area contributed by atoms with Crippen molar-refractivity contribution in [2.24, 2.45) is 0 Å². The number of hydrogen-bond acceptors (Lipinski definition) is 5. The minimum Gasteiger partial charge on any atom is -0.476 e. The maximum Gasteiger partial charge on any atom is 0.356 e. The second kappa shape index (κ2) is 2.69. The number of fused-ring (bicyclic) bond motifs is 1. The lowest BCUT2D eigenvalue weighted by Gasteiger charge is -2.23. The molecule has 1 amide bonds. The number of anilines is 1. The number of carboxylic acid groups (broad SMARTS) is 1. The summed E-state index contributed by atoms with van der Waals surface area (Å²) in [6.45, 7) is 0. The highest BCUT2D eigenvalue weighted by atomic mass is 16.5. The van der Waals surface area contributed by atoms with Crippen LogP contribution in [-0.2, 0) is 4.79 Å². The number of nitrogens with one attached hydrogen (secondary N) is 1. The Morgan fingerprint density at radius 2 is 2.25 bits per heavy atom. The van der Waals surface area contributed by atoms with Crippen molar-refractivity contribution in [3.63, 3.8) is 0 Å². The SMILES string of the molecule is O=C(O)c1cc2c(nn1)OC1(CC1)C(=O)N2. The molecule has 0 radical (unpaired) electrons. The molecule has 2 heterocycles. The van der Waals surface area contributed by atoms with E-state index in [1.54, 1.807) is 0 Å². The van der Waals surface area contributed by atoms with Crippen LogP contribution >= 0.6 is 0 Å². The molecule has 0 saturated heterocycles. The van der Waals surface area contributed by atoms with Crippen LogP contribution in [0.5, 0.6) is 5.88 Å². The third-order valence-electron chi connectivity index (χ3n) is 2.64. The first-order chi connectivity index (χ1) is 7.61. The lowest BCUT2D eigenvalue weighted by Crippen LogP contribution is -2.39. The van der Waals surface area contributed by atoms with Crippen molar-refractivity contribution in [2.75, 3.05) is 5.32 Å². The summed E-state index contributed by atoms with van der Waals surface area (Å²) in [6, 6.07) is 1.23. The third-order valence-corrected chi connectivity index (χ3v) is 2.64. The smallest absolute Gasteiger partial charge is 0.356 e. The maximum atomic E-state index is 11.6. The van der Waals surface area contributed by atoms with E-state index in [0.29, 0.717) is 12.8 Å². The minimum absolute atomic E-state index is 0.183. The van der Waals surface area contributed by atoms with Gasteiger partial charge in [0.1, 0.15) is 5.69 Å². The summed E-state index contributed by atoms with van der Waals surface area (Å²) in [5, 5.41) is 18.4. The lowest BCUT2D eigenvalue weighted by molar-refractivity contribution is -0.125. The van der Waals surface area contributed by atoms with Crippen molar-refractivity contribution in [2.45, 2.75) is 18.4 Å². The van der Waals surface area contributed by atoms with Gasteiger partial charge in [0.25, 0.3) is 11.8 Å². The van der Waals surface area contributed by atoms with E-state index < -0.39 is 11.6 Å². The van der Waals surface area contributed by atoms with Gasteiger partial charge in [0.2, 0.25) is 0 Å². The van der Waals surface area contributed by atoms with Gasteiger partial charge >= 0.3 is 5.97 Å². The fourth-order valence-electron chi connectivity index (χ4n) is 1.56. The van der Waals surface area contributed by atoms with Crippen LogP contribution in [0.3, 0.4) is 0 Å². The number of carbonyl (C=O) groups excluding carboxylic acids is 1. The Labute approximate surface area is 89.4 Å². The molecule has 82 valence electrons. The Balaban J connectivity index is 2.02. The molecule has 7 heteroatoms. The third kappa shape index (κ3) is 1.14. The van der Waals surface area contributed by atoms with Crippen LogP contribution in [-0.4, -0.2) is 32.8 Å². The molecule has 0 unspecified atom stereocenters. The first-order valence-corrected chi connectivity index (χ1v) is 4.72. The van der Waals surface area contributed by atoms with Gasteiger partial charge in [0.15, 0.2) is 11.3 Å². The molecule has 0 aromatic carbocycles. The highest BCUT2D eigenvalue weighted by Crippen LogP contribution is 2.45. The number of aromatic nitrogens is 2. The molecule has 1 aliphatic carbocycles. The molecule has 16 heavy (non-hydrogen) atoms. The molecule has 3 rings (SSSR count). The average Bonchev–Trinajstić information content (AvgIpc) is 3.00. The van der Waals surface area contributed by atoms with Crippen LogP contribution in [0.1, 0.15) is 23.3 Å². The first-order valence-electron chi connectivity index (χ1n) is 4.72. The zero-order valence-electron chi connectivity index (χ0n) is 8.06. The minimum atomic E-state index is -1.20. The van der Waals surface area contributed by atoms with Crippen molar-refractivity contribution < 1.29 is 19.4 Å². The average molecular weight is 221 g/mol. The van der Waals surface area contributed by atoms with Gasteiger partial charge in [-0.25, -0.2) is 4.79 Å². The van der Waals surface area contributed by atoms with Crippen molar-refractivity contribution in [3.8, 4) is 5.88 Å². The van der Waals surface area contributed by atoms with E-state index in [4.69, 9.17) is 9.84 Å². The van der Waals surface area contributed by atoms with Gasteiger partial charge in [-0.15, -0.1) is 10.2 Å². The molecule has 7 nitrogen and oxygen atoms in total. The quantitative estimate of drug-likeness (QED) is 0.694. The van der Waals surface area contributed by atoms with Crippen LogP contribution in [0.25, 0.3) is 0 Å². The first kappa shape index (κ1) is 9.08. The molecule has 1 aliphatic heterocycles. The number of nitrogens with zero attached hydrogens (tertiary/aromatic N) is 2. The van der Waals surface area contributed by atoms with Crippen molar-refractivity contribution in [1.29, 1.82) is 0 Å². The van der Waals surface area contributed by atoms with Crippen molar-refractivity contribution in [3.05, 3.63) is 11.8 Å². The molecule has 2 aliphatic rings. The lowest BCUT2D eigenvalue weighted by atomic mass is 10.2. The van der Waals surface area contributed by atoms with Crippen LogP contribution in [0.2, 0.25) is 0 Å². The Morgan fingerprint density at radius 3 is 2.88 bits per heavy atom. The number of ether oxygens (including phenoxy) is 1. The van der Waals surface area contributed by atoms with Gasteiger partial charge in [0.05, 0.1) is 0 Å². The van der Waals surface area contributed by atoms with Crippen LogP contribution in [0.15, 0.2) is 6.07 Å². The highest BCUT2D eigenvalue weighted by molar-refractivity contribution is 6.03. The van der Waals surface area contributed by atoms with E-state index in [9.17, 15) is 9.59 Å². The monoisotopic (exact) mass is 221 g/mol. The van der Waals surface area contributed by atoms with E-state index >= 15 is 0 Å². The highest BCUT2D eigenvalue weighted by Gasteiger charge is 2.56. The van der Waals surface area contributed by atoms with Crippen LogP contribution in [0, 0.1) is 0 Å². The predicted molar refractivity (Wildman–Crippen MR) is 50.2 cm³/mol. The molecule has 1 fully saturated rings. The van der Waals surface area contributed by atoms with E-state index in [0.717, 1.165) is 0 Å². The normalized spacial score (nSPS) is 19.6. The summed E-state index contributed by atoms with van der Waals surface area (Å²) >= 11 is 0. The molecule has 1 saturated carbocycles. The predicted octanol–water partition coefficient (Wildman–Crippen LogP) is 0.0383. The summed E-state index contributed by atoms with van der Waals surface area (Å²) in [4.78, 5) is 22.2. The molecule has 1 aromatic heterocycles. The molecular weight excluding hydrogens is 214 g/mol. The van der Waals surface area contributed by atoms with Gasteiger partial charge < -0.3 is 15.2 Å². The Bertz CT molecular complexity index is 509. The Kier molecular flexibility index (Phi) is 1.52. The van der Waals surface area contributed by atoms with Crippen molar-refractivity contribution in [1.82, 2.24) is 10.2 Å². The van der Waals surface area contributed by atoms with E-state index in [-0.39, 0.29) is 23.2 Å². The molecule has 1 aromatic rings. The summed E-state index contributed by atoms with van der Waals surface area (Å²) in [5.74, 6) is -1.26. The van der Waals surface area contributed by atoms with Gasteiger partial charge in [-0.05, 0) is 0 Å².